The predicted octanol–water partition coefficient (Wildman–Crippen LogP) is 1.33. The van der Waals surface area contributed by atoms with Gasteiger partial charge in [-0.05, 0) is 12.2 Å². The van der Waals surface area contributed by atoms with Gasteiger partial charge in [-0.1, -0.05) is 6.08 Å². The normalized spacial score (nSPS) is 24.2. The molecule has 0 radical (unpaired) electrons. The maximum Gasteiger partial charge on any atom is 0.327 e. The van der Waals surface area contributed by atoms with Crippen LogP contribution in [-0.4, -0.2) is 38.5 Å². The molecule has 0 aromatic heterocycles. The van der Waals surface area contributed by atoms with Crippen molar-refractivity contribution in [3.05, 3.63) is 35.8 Å². The van der Waals surface area contributed by atoms with Crippen molar-refractivity contribution in [1.82, 2.24) is 0 Å². The van der Waals surface area contributed by atoms with E-state index < -0.39 is 5.97 Å². The summed E-state index contributed by atoms with van der Waals surface area (Å²) in [5.41, 5.74) is 0. The lowest BCUT2D eigenvalue weighted by Gasteiger charge is -2.24. The first-order valence-corrected chi connectivity index (χ1v) is 5.08. The lowest BCUT2D eigenvalue weighted by Crippen LogP contribution is -2.23. The fourth-order valence-corrected chi connectivity index (χ4v) is 1.62. The van der Waals surface area contributed by atoms with Crippen molar-refractivity contribution in [2.24, 2.45) is 5.92 Å². The zero-order valence-electron chi connectivity index (χ0n) is 10.0. The van der Waals surface area contributed by atoms with Crippen molar-refractivity contribution in [2.45, 2.75) is 6.10 Å². The second-order valence-corrected chi connectivity index (χ2v) is 3.45. The van der Waals surface area contributed by atoms with Gasteiger partial charge < -0.3 is 19.3 Å². The minimum absolute atomic E-state index is 0.190. The van der Waals surface area contributed by atoms with Crippen LogP contribution in [0.1, 0.15) is 0 Å². The first-order chi connectivity index (χ1) is 8.12. The van der Waals surface area contributed by atoms with Crippen molar-refractivity contribution in [2.75, 3.05) is 21.3 Å². The van der Waals surface area contributed by atoms with Crippen LogP contribution in [0, 0.1) is 5.92 Å². The molecule has 1 rings (SSSR count). The van der Waals surface area contributed by atoms with Gasteiger partial charge in [0, 0.05) is 19.1 Å². The van der Waals surface area contributed by atoms with Gasteiger partial charge in [-0.3, -0.25) is 0 Å². The van der Waals surface area contributed by atoms with Crippen LogP contribution in [0.4, 0.5) is 0 Å². The van der Waals surface area contributed by atoms with Crippen LogP contribution in [0.25, 0.3) is 0 Å². The number of ether oxygens (including phenoxy) is 3. The fourth-order valence-electron chi connectivity index (χ4n) is 1.62. The van der Waals surface area contributed by atoms with Crippen LogP contribution in [-0.2, 0) is 19.0 Å². The number of carboxylic acids is 1. The molecule has 0 amide bonds. The van der Waals surface area contributed by atoms with E-state index in [9.17, 15) is 4.79 Å². The summed E-state index contributed by atoms with van der Waals surface area (Å²) in [5.74, 6) is -0.0288. The Labute approximate surface area is 100.0 Å². The SMILES string of the molecule is COC1=CC(C=CC(=O)O)C(OC)C=C1OC. The number of hydrogen-bond donors (Lipinski definition) is 1. The molecule has 1 N–H and O–H groups in total. The van der Waals surface area contributed by atoms with E-state index in [0.717, 1.165) is 6.08 Å². The lowest BCUT2D eigenvalue weighted by molar-refractivity contribution is -0.131. The maximum absolute atomic E-state index is 10.5. The molecule has 0 saturated carbocycles. The fraction of sp³-hybridized carbons (Fsp3) is 0.417. The Morgan fingerprint density at radius 2 is 1.82 bits per heavy atom. The molecular weight excluding hydrogens is 224 g/mol. The monoisotopic (exact) mass is 240 g/mol. The number of rotatable bonds is 5. The van der Waals surface area contributed by atoms with E-state index in [2.05, 4.69) is 0 Å². The second kappa shape index (κ2) is 6.10. The van der Waals surface area contributed by atoms with Crippen molar-refractivity contribution in [1.29, 1.82) is 0 Å². The Morgan fingerprint density at radius 1 is 1.24 bits per heavy atom. The Morgan fingerprint density at radius 3 is 2.29 bits per heavy atom. The number of carboxylic acid groups (broad SMARTS) is 1. The molecule has 17 heavy (non-hydrogen) atoms. The van der Waals surface area contributed by atoms with Gasteiger partial charge >= 0.3 is 5.97 Å². The van der Waals surface area contributed by atoms with Gasteiger partial charge in [0.1, 0.15) is 0 Å². The summed E-state index contributed by atoms with van der Waals surface area (Å²) in [6.45, 7) is 0. The van der Waals surface area contributed by atoms with Crippen molar-refractivity contribution in [3.63, 3.8) is 0 Å². The smallest absolute Gasteiger partial charge is 0.327 e. The molecular formula is C12H16O5. The second-order valence-electron chi connectivity index (χ2n) is 3.45. The van der Waals surface area contributed by atoms with E-state index in [-0.39, 0.29) is 12.0 Å². The van der Waals surface area contributed by atoms with E-state index in [0.29, 0.717) is 11.5 Å². The summed E-state index contributed by atoms with van der Waals surface area (Å²) in [6.07, 6.45) is 5.91. The lowest BCUT2D eigenvalue weighted by atomic mass is 9.95. The van der Waals surface area contributed by atoms with Gasteiger partial charge in [0.2, 0.25) is 0 Å². The molecule has 0 aromatic rings. The van der Waals surface area contributed by atoms with Gasteiger partial charge in [0.05, 0.1) is 20.3 Å². The van der Waals surface area contributed by atoms with Gasteiger partial charge in [-0.25, -0.2) is 4.79 Å². The van der Waals surface area contributed by atoms with E-state index in [4.69, 9.17) is 19.3 Å². The highest BCUT2D eigenvalue weighted by Gasteiger charge is 2.24. The molecule has 0 aliphatic heterocycles. The summed E-state index contributed by atoms with van der Waals surface area (Å²) in [5, 5.41) is 8.60. The average molecular weight is 240 g/mol. The molecule has 0 spiro atoms. The van der Waals surface area contributed by atoms with Crippen LogP contribution in [0.3, 0.4) is 0 Å². The summed E-state index contributed by atoms with van der Waals surface area (Å²) in [4.78, 5) is 10.5. The number of aliphatic carboxylic acids is 1. The molecule has 2 atom stereocenters. The molecule has 1 aliphatic rings. The first-order valence-electron chi connectivity index (χ1n) is 5.08. The van der Waals surface area contributed by atoms with E-state index in [1.807, 2.05) is 0 Å². The van der Waals surface area contributed by atoms with Crippen LogP contribution < -0.4 is 0 Å². The molecule has 5 heteroatoms. The highest BCUT2D eigenvalue weighted by Crippen LogP contribution is 2.26. The van der Waals surface area contributed by atoms with Crippen molar-refractivity contribution < 1.29 is 24.1 Å². The summed E-state index contributed by atoms with van der Waals surface area (Å²) in [6, 6.07) is 0. The minimum atomic E-state index is -0.992. The molecule has 1 aliphatic carbocycles. The quantitative estimate of drug-likeness (QED) is 0.734. The van der Waals surface area contributed by atoms with Gasteiger partial charge in [-0.15, -0.1) is 0 Å². The largest absolute Gasteiger partial charge is 0.493 e. The number of methoxy groups -OCH3 is 3. The summed E-state index contributed by atoms with van der Waals surface area (Å²) in [7, 11) is 4.63. The predicted molar refractivity (Wildman–Crippen MR) is 61.2 cm³/mol. The third-order valence-corrected chi connectivity index (χ3v) is 2.45. The highest BCUT2D eigenvalue weighted by molar-refractivity contribution is 5.79. The maximum atomic E-state index is 10.5. The summed E-state index contributed by atoms with van der Waals surface area (Å²) < 4.78 is 15.6. The van der Waals surface area contributed by atoms with Gasteiger partial charge in [0.25, 0.3) is 0 Å². The highest BCUT2D eigenvalue weighted by atomic mass is 16.5. The standard InChI is InChI=1S/C12H16O5/c1-15-9-7-11(17-3)10(16-2)6-8(9)4-5-12(13)14/h4-9H,1-3H3,(H,13,14). The third kappa shape index (κ3) is 3.35. The van der Waals surface area contributed by atoms with Crippen molar-refractivity contribution in [3.8, 4) is 0 Å². The third-order valence-electron chi connectivity index (χ3n) is 2.45. The van der Waals surface area contributed by atoms with Crippen LogP contribution in [0.15, 0.2) is 35.8 Å². The molecule has 5 nitrogen and oxygen atoms in total. The van der Waals surface area contributed by atoms with E-state index >= 15 is 0 Å². The molecule has 0 bridgehead atoms. The topological polar surface area (TPSA) is 65.0 Å². The van der Waals surface area contributed by atoms with Crippen LogP contribution in [0.5, 0.6) is 0 Å². The Bertz CT molecular complexity index is 367. The van der Waals surface area contributed by atoms with E-state index in [1.165, 1.54) is 7.11 Å². The molecule has 0 aromatic carbocycles. The Balaban J connectivity index is 2.94. The zero-order chi connectivity index (χ0) is 12.8. The Hall–Kier alpha value is -1.75. The first kappa shape index (κ1) is 13.3. The molecule has 0 fully saturated rings. The van der Waals surface area contributed by atoms with Crippen molar-refractivity contribution >= 4 is 5.97 Å². The number of hydrogen-bond acceptors (Lipinski definition) is 4. The molecule has 0 heterocycles. The van der Waals surface area contributed by atoms with E-state index in [1.54, 1.807) is 32.4 Å². The summed E-state index contributed by atoms with van der Waals surface area (Å²) >= 11 is 0. The molecule has 0 saturated heterocycles. The average Bonchev–Trinajstić information content (AvgIpc) is 2.34. The van der Waals surface area contributed by atoms with Gasteiger partial charge in [-0.2, -0.15) is 0 Å². The van der Waals surface area contributed by atoms with Gasteiger partial charge in [0.15, 0.2) is 11.5 Å². The number of carbonyl (C=O) groups is 1. The molecule has 2 unspecified atom stereocenters. The Kier molecular flexibility index (Phi) is 4.78. The zero-order valence-corrected chi connectivity index (χ0v) is 10.0. The minimum Gasteiger partial charge on any atom is -0.493 e. The van der Waals surface area contributed by atoms with Crippen LogP contribution in [0.2, 0.25) is 0 Å². The van der Waals surface area contributed by atoms with Crippen LogP contribution >= 0.6 is 0 Å². The molecule has 94 valence electrons.